The number of anilines is 1. The van der Waals surface area contributed by atoms with Crippen LogP contribution in [0.25, 0.3) is 10.8 Å². The first-order valence-corrected chi connectivity index (χ1v) is 12.5. The number of nitrogens with one attached hydrogen (secondary N) is 1. The van der Waals surface area contributed by atoms with Crippen molar-refractivity contribution in [2.45, 2.75) is 39.2 Å². The molecule has 1 fully saturated rings. The lowest BCUT2D eigenvalue weighted by molar-refractivity contribution is 0.0760. The van der Waals surface area contributed by atoms with Crippen LogP contribution >= 0.6 is 0 Å². The lowest BCUT2D eigenvalue weighted by atomic mass is 9.90. The maximum absolute atomic E-state index is 13.4. The Labute approximate surface area is 207 Å². The third kappa shape index (κ3) is 5.51. The van der Waals surface area contributed by atoms with Gasteiger partial charge in [0.1, 0.15) is 0 Å². The molecule has 2 aromatic carbocycles. The molecule has 0 radical (unpaired) electrons. The monoisotopic (exact) mass is 464 g/mol. The van der Waals surface area contributed by atoms with Crippen molar-refractivity contribution in [3.05, 3.63) is 102 Å². The molecule has 4 aromatic rings. The highest BCUT2D eigenvalue weighted by Gasteiger charge is 2.22. The topological polar surface area (TPSA) is 58.1 Å². The molecule has 1 aliphatic heterocycles. The van der Waals surface area contributed by atoms with Crippen molar-refractivity contribution in [1.29, 1.82) is 0 Å². The minimum Gasteiger partial charge on any atom is -0.381 e. The molecule has 1 saturated heterocycles. The van der Waals surface area contributed by atoms with Gasteiger partial charge in [0.2, 0.25) is 0 Å². The van der Waals surface area contributed by atoms with Gasteiger partial charge in [-0.05, 0) is 90.9 Å². The van der Waals surface area contributed by atoms with Crippen molar-refractivity contribution in [2.75, 3.05) is 18.4 Å². The molecule has 1 N–H and O–H groups in total. The number of aromatic nitrogens is 2. The third-order valence-electron chi connectivity index (χ3n) is 7.13. The van der Waals surface area contributed by atoms with E-state index in [9.17, 15) is 4.79 Å². The molecule has 178 valence electrons. The molecule has 0 bridgehead atoms. The number of hydrogen-bond acceptors (Lipinski definition) is 4. The molecule has 5 heteroatoms. The van der Waals surface area contributed by atoms with Crippen molar-refractivity contribution in [2.24, 2.45) is 5.92 Å². The number of carbonyl (C=O) groups is 1. The van der Waals surface area contributed by atoms with E-state index in [0.29, 0.717) is 12.5 Å². The first kappa shape index (κ1) is 23.0. The molecule has 35 heavy (non-hydrogen) atoms. The van der Waals surface area contributed by atoms with E-state index in [2.05, 4.69) is 46.5 Å². The van der Waals surface area contributed by atoms with Crippen LogP contribution in [0.3, 0.4) is 0 Å². The Bertz CT molecular complexity index is 1300. The zero-order valence-electron chi connectivity index (χ0n) is 20.3. The Balaban J connectivity index is 1.23. The number of rotatable bonds is 6. The molecule has 5 rings (SSSR count). The van der Waals surface area contributed by atoms with Gasteiger partial charge in [0, 0.05) is 61.1 Å². The summed E-state index contributed by atoms with van der Waals surface area (Å²) in [5.41, 5.74) is 5.45. The van der Waals surface area contributed by atoms with Crippen LogP contribution in [0.5, 0.6) is 0 Å². The molecular formula is C30H32N4O. The Morgan fingerprint density at radius 2 is 1.86 bits per heavy atom. The predicted molar refractivity (Wildman–Crippen MR) is 141 cm³/mol. The van der Waals surface area contributed by atoms with E-state index in [4.69, 9.17) is 0 Å². The number of fused-ring (bicyclic) bond motifs is 1. The first-order chi connectivity index (χ1) is 17.2. The van der Waals surface area contributed by atoms with Crippen molar-refractivity contribution in [3.63, 3.8) is 0 Å². The second-order valence-corrected chi connectivity index (χ2v) is 9.55. The van der Waals surface area contributed by atoms with Crippen molar-refractivity contribution in [1.82, 2.24) is 14.9 Å². The van der Waals surface area contributed by atoms with Crippen LogP contribution in [0.2, 0.25) is 0 Å². The number of aryl methyl sites for hydroxylation is 1. The molecule has 0 saturated carbocycles. The van der Waals surface area contributed by atoms with Gasteiger partial charge in [0.15, 0.2) is 0 Å². The maximum atomic E-state index is 13.4. The van der Waals surface area contributed by atoms with Gasteiger partial charge in [-0.25, -0.2) is 0 Å². The molecule has 1 unspecified atom stereocenters. The summed E-state index contributed by atoms with van der Waals surface area (Å²) in [6, 6.07) is 18.6. The Kier molecular flexibility index (Phi) is 7.03. The van der Waals surface area contributed by atoms with Crippen LogP contribution in [-0.2, 0) is 13.0 Å². The number of nitrogens with zero attached hydrogens (tertiary/aromatic N) is 3. The molecule has 2 aromatic heterocycles. The number of benzene rings is 2. The van der Waals surface area contributed by atoms with Gasteiger partial charge < -0.3 is 10.2 Å². The predicted octanol–water partition coefficient (Wildman–Crippen LogP) is 6.04. The Morgan fingerprint density at radius 1 is 1.00 bits per heavy atom. The summed E-state index contributed by atoms with van der Waals surface area (Å²) in [6.07, 6.45) is 11.7. The summed E-state index contributed by atoms with van der Waals surface area (Å²) in [4.78, 5) is 23.8. The molecule has 0 aliphatic carbocycles. The van der Waals surface area contributed by atoms with E-state index >= 15 is 0 Å². The number of pyridine rings is 2. The molecule has 1 aliphatic rings. The largest absolute Gasteiger partial charge is 0.381 e. The first-order valence-electron chi connectivity index (χ1n) is 12.5. The Morgan fingerprint density at radius 3 is 2.74 bits per heavy atom. The van der Waals surface area contributed by atoms with Crippen molar-refractivity contribution in [3.8, 4) is 0 Å². The highest BCUT2D eigenvalue weighted by atomic mass is 16.2. The number of likely N-dealkylation sites (tertiary alicyclic amines) is 1. The zero-order valence-corrected chi connectivity index (χ0v) is 20.3. The summed E-state index contributed by atoms with van der Waals surface area (Å²) in [5, 5.41) is 5.98. The molecule has 5 nitrogen and oxygen atoms in total. The van der Waals surface area contributed by atoms with Gasteiger partial charge in [-0.15, -0.1) is 0 Å². The molecule has 3 heterocycles. The molecule has 1 amide bonds. The number of carbonyl (C=O) groups excluding carboxylic acids is 1. The summed E-state index contributed by atoms with van der Waals surface area (Å²) < 4.78 is 0. The van der Waals surface area contributed by atoms with Crippen LogP contribution in [0.15, 0.2) is 79.4 Å². The average Bonchev–Trinajstić information content (AvgIpc) is 3.14. The third-order valence-corrected chi connectivity index (χ3v) is 7.13. The van der Waals surface area contributed by atoms with Crippen LogP contribution in [-0.4, -0.2) is 33.9 Å². The highest BCUT2D eigenvalue weighted by molar-refractivity contribution is 5.95. The van der Waals surface area contributed by atoms with Gasteiger partial charge >= 0.3 is 0 Å². The summed E-state index contributed by atoms with van der Waals surface area (Å²) in [6.45, 7) is 4.41. The van der Waals surface area contributed by atoms with E-state index in [1.807, 2.05) is 47.6 Å². The van der Waals surface area contributed by atoms with Crippen molar-refractivity contribution < 1.29 is 4.79 Å². The minimum absolute atomic E-state index is 0.133. The fourth-order valence-corrected chi connectivity index (χ4v) is 5.08. The maximum Gasteiger partial charge on any atom is 0.253 e. The standard InChI is InChI=1S/C30H32N4O/c1-22-7-8-26(19-29(22)33-20-24-9-13-31-14-10-24)30(35)34-16-3-4-23(12-17-34)18-25-5-2-6-27-21-32-15-11-28(25)27/h2,5-11,13-15,19,21,23,33H,3-4,12,16-18,20H2,1H3. The fraction of sp³-hybridized carbons (Fsp3) is 0.300. The van der Waals surface area contributed by atoms with Gasteiger partial charge in [-0.3, -0.25) is 14.8 Å². The van der Waals surface area contributed by atoms with E-state index in [1.54, 1.807) is 12.4 Å². The lowest BCUT2D eigenvalue weighted by Gasteiger charge is -2.22. The lowest BCUT2D eigenvalue weighted by Crippen LogP contribution is -2.32. The van der Waals surface area contributed by atoms with Gasteiger partial charge in [-0.1, -0.05) is 24.3 Å². The number of amides is 1. The smallest absolute Gasteiger partial charge is 0.253 e. The molecular weight excluding hydrogens is 432 g/mol. The zero-order chi connectivity index (χ0) is 24.0. The van der Waals surface area contributed by atoms with E-state index in [0.717, 1.165) is 61.2 Å². The van der Waals surface area contributed by atoms with Crippen LogP contribution in [0.4, 0.5) is 5.69 Å². The van der Waals surface area contributed by atoms with E-state index < -0.39 is 0 Å². The van der Waals surface area contributed by atoms with Gasteiger partial charge in [0.25, 0.3) is 5.91 Å². The van der Waals surface area contributed by atoms with Crippen LogP contribution in [0, 0.1) is 12.8 Å². The summed E-state index contributed by atoms with van der Waals surface area (Å²) >= 11 is 0. The van der Waals surface area contributed by atoms with E-state index in [-0.39, 0.29) is 5.91 Å². The number of hydrogen-bond donors (Lipinski definition) is 1. The van der Waals surface area contributed by atoms with Crippen molar-refractivity contribution >= 4 is 22.4 Å². The minimum atomic E-state index is 0.133. The second kappa shape index (κ2) is 10.7. The SMILES string of the molecule is Cc1ccc(C(=O)N2CCCC(Cc3cccc4cnccc34)CC2)cc1NCc1ccncc1. The Hall–Kier alpha value is -3.73. The highest BCUT2D eigenvalue weighted by Crippen LogP contribution is 2.27. The molecule has 0 spiro atoms. The fourth-order valence-electron chi connectivity index (χ4n) is 5.08. The second-order valence-electron chi connectivity index (χ2n) is 9.55. The van der Waals surface area contributed by atoms with Gasteiger partial charge in [0.05, 0.1) is 0 Å². The van der Waals surface area contributed by atoms with E-state index in [1.165, 1.54) is 16.3 Å². The van der Waals surface area contributed by atoms with Gasteiger partial charge in [-0.2, -0.15) is 0 Å². The average molecular weight is 465 g/mol. The summed E-state index contributed by atoms with van der Waals surface area (Å²) in [5.74, 6) is 0.719. The quantitative estimate of drug-likeness (QED) is 0.378. The summed E-state index contributed by atoms with van der Waals surface area (Å²) in [7, 11) is 0. The molecule has 1 atom stereocenters. The van der Waals surface area contributed by atoms with Crippen LogP contribution < -0.4 is 5.32 Å². The normalized spacial score (nSPS) is 16.1. The van der Waals surface area contributed by atoms with Crippen LogP contribution in [0.1, 0.15) is 46.3 Å².